The molecule has 0 bridgehead atoms. The summed E-state index contributed by atoms with van der Waals surface area (Å²) in [6, 6.07) is 9.64. The number of carbonyl (C=O) groups excluding carboxylic acids is 2. The van der Waals surface area contributed by atoms with E-state index < -0.39 is 5.41 Å². The summed E-state index contributed by atoms with van der Waals surface area (Å²) in [6.07, 6.45) is 5.68. The van der Waals surface area contributed by atoms with Gasteiger partial charge in [0.25, 0.3) is 5.91 Å². The second-order valence-electron chi connectivity index (χ2n) is 9.26. The maximum atomic E-state index is 12.9. The standard InChI is InChI=1S/C28H32N6O2/c1-7-18(20-13-14-34(6)25(20)29-5)19-10-11-22(24-21(19)16-32-26(24)35)33-23-12-9-17(15-31-23)28(3,4)27(36)30-8-2/h7,9-15H,5,8,16H2,1-4,6H3,(H,30,36)(H,31,33)(H,32,35)/b18-7-. The maximum absolute atomic E-state index is 12.9. The van der Waals surface area contributed by atoms with Crippen molar-refractivity contribution in [3.05, 3.63) is 76.6 Å². The van der Waals surface area contributed by atoms with Gasteiger partial charge in [-0.3, -0.25) is 9.59 Å². The van der Waals surface area contributed by atoms with Gasteiger partial charge in [0.2, 0.25) is 5.91 Å². The van der Waals surface area contributed by atoms with Crippen molar-refractivity contribution in [3.8, 4) is 0 Å². The SMILES string of the molecule is C=Nc1c(/C(=C\C)c2ccc(Nc3ccc(C(C)(C)C(=O)NCC)cn3)c3c2CNC3=O)ccn1C. The topological polar surface area (TPSA) is 100 Å². The molecular formula is C28H32N6O2. The normalized spacial score (nSPS) is 13.2. The van der Waals surface area contributed by atoms with Crippen molar-refractivity contribution in [1.82, 2.24) is 20.2 Å². The monoisotopic (exact) mass is 484 g/mol. The van der Waals surface area contributed by atoms with E-state index in [1.807, 2.05) is 81.9 Å². The quantitative estimate of drug-likeness (QED) is 0.407. The number of hydrogen-bond acceptors (Lipinski definition) is 5. The lowest BCUT2D eigenvalue weighted by Gasteiger charge is -2.23. The summed E-state index contributed by atoms with van der Waals surface area (Å²) in [6.45, 7) is 12.3. The summed E-state index contributed by atoms with van der Waals surface area (Å²) in [7, 11) is 1.93. The Morgan fingerprint density at radius 2 is 2.03 bits per heavy atom. The average molecular weight is 485 g/mol. The number of anilines is 2. The maximum Gasteiger partial charge on any atom is 0.254 e. The second-order valence-corrected chi connectivity index (χ2v) is 9.26. The molecule has 3 N–H and O–H groups in total. The number of pyridine rings is 1. The molecule has 0 atom stereocenters. The molecule has 1 aliphatic rings. The van der Waals surface area contributed by atoms with Crippen molar-refractivity contribution in [2.75, 3.05) is 11.9 Å². The Hall–Kier alpha value is -4.20. The Morgan fingerprint density at radius 1 is 1.25 bits per heavy atom. The number of hydrogen-bond donors (Lipinski definition) is 3. The van der Waals surface area contributed by atoms with Crippen LogP contribution in [0.25, 0.3) is 5.57 Å². The van der Waals surface area contributed by atoms with E-state index in [4.69, 9.17) is 0 Å². The number of nitrogens with zero attached hydrogens (tertiary/aromatic N) is 3. The number of benzene rings is 1. The molecule has 8 heteroatoms. The number of aromatic nitrogens is 2. The van der Waals surface area contributed by atoms with Crippen molar-refractivity contribution < 1.29 is 9.59 Å². The van der Waals surface area contributed by atoms with Crippen LogP contribution in [0.1, 0.15) is 60.3 Å². The van der Waals surface area contributed by atoms with Gasteiger partial charge in [0.1, 0.15) is 11.6 Å². The Kier molecular flexibility index (Phi) is 6.79. The first-order valence-electron chi connectivity index (χ1n) is 12.0. The van der Waals surface area contributed by atoms with E-state index in [1.54, 1.807) is 6.20 Å². The van der Waals surface area contributed by atoms with E-state index in [-0.39, 0.29) is 11.8 Å². The minimum absolute atomic E-state index is 0.0504. The summed E-state index contributed by atoms with van der Waals surface area (Å²) in [5.74, 6) is 1.18. The van der Waals surface area contributed by atoms with Gasteiger partial charge in [0, 0.05) is 38.1 Å². The zero-order chi connectivity index (χ0) is 26.0. The van der Waals surface area contributed by atoms with Crippen LogP contribution in [-0.2, 0) is 23.8 Å². The number of allylic oxidation sites excluding steroid dienone is 1. The Balaban J connectivity index is 1.68. The molecule has 0 spiro atoms. The minimum Gasteiger partial charge on any atom is -0.356 e. The Bertz CT molecular complexity index is 1370. The molecule has 36 heavy (non-hydrogen) atoms. The van der Waals surface area contributed by atoms with E-state index in [9.17, 15) is 9.59 Å². The second kappa shape index (κ2) is 9.81. The fraction of sp³-hybridized carbons (Fsp3) is 0.286. The number of rotatable bonds is 8. The van der Waals surface area contributed by atoms with Crippen molar-refractivity contribution in [2.45, 2.75) is 39.7 Å². The molecule has 2 amide bonds. The zero-order valence-electron chi connectivity index (χ0n) is 21.4. The highest BCUT2D eigenvalue weighted by Gasteiger charge is 2.30. The molecule has 0 radical (unpaired) electrons. The molecule has 0 aliphatic carbocycles. The first kappa shape index (κ1) is 24.9. The van der Waals surface area contributed by atoms with Crippen molar-refractivity contribution in [1.29, 1.82) is 0 Å². The van der Waals surface area contributed by atoms with Gasteiger partial charge in [0.05, 0.1) is 16.7 Å². The molecule has 0 saturated carbocycles. The summed E-state index contributed by atoms with van der Waals surface area (Å²) < 4.78 is 1.92. The van der Waals surface area contributed by atoms with Crippen LogP contribution >= 0.6 is 0 Å². The molecule has 0 saturated heterocycles. The van der Waals surface area contributed by atoms with Crippen LogP contribution in [0.15, 0.2) is 53.8 Å². The molecule has 0 unspecified atom stereocenters. The largest absolute Gasteiger partial charge is 0.356 e. The van der Waals surface area contributed by atoms with Gasteiger partial charge in [-0.15, -0.1) is 0 Å². The highest BCUT2D eigenvalue weighted by atomic mass is 16.2. The van der Waals surface area contributed by atoms with Crippen LogP contribution in [0.4, 0.5) is 17.3 Å². The lowest BCUT2D eigenvalue weighted by Crippen LogP contribution is -2.39. The van der Waals surface area contributed by atoms with E-state index >= 15 is 0 Å². The number of likely N-dealkylation sites (N-methyl/N-ethyl adjacent to an activating group) is 1. The number of aliphatic imine (C=N–C) groups is 1. The highest BCUT2D eigenvalue weighted by Crippen LogP contribution is 2.38. The van der Waals surface area contributed by atoms with Crippen LogP contribution in [0.5, 0.6) is 0 Å². The lowest BCUT2D eigenvalue weighted by molar-refractivity contribution is -0.125. The first-order valence-corrected chi connectivity index (χ1v) is 12.0. The van der Waals surface area contributed by atoms with Gasteiger partial charge in [0.15, 0.2) is 0 Å². The first-order chi connectivity index (χ1) is 17.2. The third kappa shape index (κ3) is 4.30. The van der Waals surface area contributed by atoms with Crippen molar-refractivity contribution in [3.63, 3.8) is 0 Å². The fourth-order valence-electron chi connectivity index (χ4n) is 4.58. The van der Waals surface area contributed by atoms with Crippen molar-refractivity contribution in [2.24, 2.45) is 12.0 Å². The predicted octanol–water partition coefficient (Wildman–Crippen LogP) is 4.60. The summed E-state index contributed by atoms with van der Waals surface area (Å²) >= 11 is 0. The number of fused-ring (bicyclic) bond motifs is 1. The molecule has 4 rings (SSSR count). The molecule has 2 aromatic heterocycles. The zero-order valence-corrected chi connectivity index (χ0v) is 21.4. The average Bonchev–Trinajstić information content (AvgIpc) is 3.44. The molecule has 1 aromatic carbocycles. The Morgan fingerprint density at radius 3 is 2.67 bits per heavy atom. The molecule has 3 aromatic rings. The summed E-state index contributed by atoms with van der Waals surface area (Å²) in [5, 5.41) is 9.12. The van der Waals surface area contributed by atoms with Crippen LogP contribution in [0, 0.1) is 0 Å². The van der Waals surface area contributed by atoms with Crippen LogP contribution in [-0.4, -0.2) is 34.6 Å². The van der Waals surface area contributed by atoms with E-state index in [0.717, 1.165) is 33.6 Å². The fourth-order valence-corrected chi connectivity index (χ4v) is 4.58. The van der Waals surface area contributed by atoms with Gasteiger partial charge in [-0.2, -0.15) is 0 Å². The Labute approximate surface area is 211 Å². The van der Waals surface area contributed by atoms with E-state index in [0.29, 0.717) is 30.2 Å². The van der Waals surface area contributed by atoms with E-state index in [1.165, 1.54) is 0 Å². The van der Waals surface area contributed by atoms with Crippen LogP contribution in [0.2, 0.25) is 0 Å². The molecule has 3 heterocycles. The number of carbonyl (C=O) groups is 2. The van der Waals surface area contributed by atoms with Gasteiger partial charge >= 0.3 is 0 Å². The lowest BCUT2D eigenvalue weighted by atomic mass is 9.84. The van der Waals surface area contributed by atoms with Crippen LogP contribution < -0.4 is 16.0 Å². The molecule has 186 valence electrons. The third-order valence-electron chi connectivity index (χ3n) is 6.68. The van der Waals surface area contributed by atoms with E-state index in [2.05, 4.69) is 32.6 Å². The van der Waals surface area contributed by atoms with Gasteiger partial charge in [-0.25, -0.2) is 9.98 Å². The summed E-state index contributed by atoms with van der Waals surface area (Å²) in [4.78, 5) is 34.0. The molecule has 1 aliphatic heterocycles. The van der Waals surface area contributed by atoms with Crippen molar-refractivity contribution >= 4 is 41.4 Å². The summed E-state index contributed by atoms with van der Waals surface area (Å²) in [5.41, 5.74) is 5.23. The molecular weight excluding hydrogens is 452 g/mol. The van der Waals surface area contributed by atoms with Gasteiger partial charge < -0.3 is 20.5 Å². The molecule has 8 nitrogen and oxygen atoms in total. The smallest absolute Gasteiger partial charge is 0.254 e. The third-order valence-corrected chi connectivity index (χ3v) is 6.68. The number of amides is 2. The predicted molar refractivity (Wildman–Crippen MR) is 144 cm³/mol. The van der Waals surface area contributed by atoms with Crippen LogP contribution in [0.3, 0.4) is 0 Å². The van der Waals surface area contributed by atoms with Gasteiger partial charge in [-0.05, 0) is 74.9 Å². The number of nitrogens with one attached hydrogen (secondary N) is 3. The number of aryl methyl sites for hydroxylation is 1. The molecule has 0 fully saturated rings. The highest BCUT2D eigenvalue weighted by molar-refractivity contribution is 6.06. The minimum atomic E-state index is -0.705. The van der Waals surface area contributed by atoms with Gasteiger partial charge in [-0.1, -0.05) is 18.2 Å².